The van der Waals surface area contributed by atoms with Crippen molar-refractivity contribution in [3.8, 4) is 0 Å². The highest BCUT2D eigenvalue weighted by molar-refractivity contribution is 5.34. The largest absolute Gasteiger partial charge is 0.416 e. The molecule has 0 aromatic heterocycles. The minimum absolute atomic E-state index is 0.0994. The van der Waals surface area contributed by atoms with Gasteiger partial charge in [-0.15, -0.1) is 0 Å². The molecule has 1 atom stereocenters. The molecule has 0 N–H and O–H groups in total. The molecule has 1 rings (SSSR count). The van der Waals surface area contributed by atoms with E-state index in [0.717, 1.165) is 0 Å². The fourth-order valence-corrected chi connectivity index (χ4v) is 1.56. The Balaban J connectivity index is 3.33. The average Bonchev–Trinajstić information content (AvgIpc) is 2.26. The van der Waals surface area contributed by atoms with Gasteiger partial charge in [0.1, 0.15) is 0 Å². The maximum atomic E-state index is 12.6. The molecular formula is C12H12F6O. The Kier molecular flexibility index (Phi) is 4.50. The standard InChI is InChI=1S/C12H12F6O/c1-3-19-7(2)8-4-9(11(13,14)15)6-10(5-8)12(16,17)18/h4-7H,3H2,1-2H3/t7-/m1/s1. The molecule has 0 saturated heterocycles. The third-order valence-electron chi connectivity index (χ3n) is 2.50. The molecule has 1 nitrogen and oxygen atoms in total. The van der Waals surface area contributed by atoms with Gasteiger partial charge >= 0.3 is 12.4 Å². The zero-order valence-corrected chi connectivity index (χ0v) is 10.2. The van der Waals surface area contributed by atoms with Crippen LogP contribution >= 0.6 is 0 Å². The smallest absolute Gasteiger partial charge is 0.374 e. The summed E-state index contributed by atoms with van der Waals surface area (Å²) in [5.74, 6) is 0. The molecule has 0 fully saturated rings. The van der Waals surface area contributed by atoms with E-state index in [1.165, 1.54) is 6.92 Å². The van der Waals surface area contributed by atoms with Gasteiger partial charge < -0.3 is 4.74 Å². The number of rotatable bonds is 3. The van der Waals surface area contributed by atoms with Crippen molar-refractivity contribution in [1.29, 1.82) is 0 Å². The minimum atomic E-state index is -4.83. The topological polar surface area (TPSA) is 9.23 Å². The minimum Gasteiger partial charge on any atom is -0.374 e. The summed E-state index contributed by atoms with van der Waals surface area (Å²) in [7, 11) is 0. The summed E-state index contributed by atoms with van der Waals surface area (Å²) >= 11 is 0. The first-order valence-corrected chi connectivity index (χ1v) is 5.46. The molecule has 19 heavy (non-hydrogen) atoms. The zero-order valence-electron chi connectivity index (χ0n) is 10.2. The van der Waals surface area contributed by atoms with Crippen molar-refractivity contribution in [3.05, 3.63) is 34.9 Å². The Labute approximate surface area is 106 Å². The van der Waals surface area contributed by atoms with Gasteiger partial charge in [0.15, 0.2) is 0 Å². The molecule has 0 unspecified atom stereocenters. The van der Waals surface area contributed by atoms with Crippen LogP contribution in [0.2, 0.25) is 0 Å². The molecule has 0 aliphatic heterocycles. The first-order valence-electron chi connectivity index (χ1n) is 5.46. The zero-order chi connectivity index (χ0) is 14.8. The lowest BCUT2D eigenvalue weighted by Gasteiger charge is -2.17. The molecule has 0 aliphatic rings. The van der Waals surface area contributed by atoms with E-state index in [1.54, 1.807) is 6.92 Å². The molecule has 0 amide bonds. The lowest BCUT2D eigenvalue weighted by Crippen LogP contribution is -2.13. The van der Waals surface area contributed by atoms with Gasteiger partial charge in [0, 0.05) is 6.61 Å². The van der Waals surface area contributed by atoms with E-state index in [0.29, 0.717) is 12.1 Å². The van der Waals surface area contributed by atoms with Crippen LogP contribution < -0.4 is 0 Å². The monoisotopic (exact) mass is 286 g/mol. The van der Waals surface area contributed by atoms with Gasteiger partial charge in [0.25, 0.3) is 0 Å². The summed E-state index contributed by atoms with van der Waals surface area (Å²) < 4.78 is 80.5. The van der Waals surface area contributed by atoms with Crippen LogP contribution in [0.1, 0.15) is 36.6 Å². The number of benzene rings is 1. The molecule has 0 bridgehead atoms. The van der Waals surface area contributed by atoms with E-state index in [1.807, 2.05) is 0 Å². The highest BCUT2D eigenvalue weighted by Gasteiger charge is 2.37. The van der Waals surface area contributed by atoms with Gasteiger partial charge in [0.05, 0.1) is 17.2 Å². The van der Waals surface area contributed by atoms with Crippen molar-refractivity contribution in [3.63, 3.8) is 0 Å². The van der Waals surface area contributed by atoms with Crippen molar-refractivity contribution < 1.29 is 31.1 Å². The van der Waals surface area contributed by atoms with E-state index in [2.05, 4.69) is 0 Å². The molecule has 0 radical (unpaired) electrons. The summed E-state index contributed by atoms with van der Waals surface area (Å²) in [6.45, 7) is 3.20. The predicted molar refractivity (Wildman–Crippen MR) is 56.5 cm³/mol. The van der Waals surface area contributed by atoms with Crippen LogP contribution in [0.25, 0.3) is 0 Å². The molecule has 108 valence electrons. The molecule has 7 heteroatoms. The van der Waals surface area contributed by atoms with Gasteiger partial charge in [-0.25, -0.2) is 0 Å². The first kappa shape index (κ1) is 15.8. The summed E-state index contributed by atoms with van der Waals surface area (Å²) in [5, 5.41) is 0. The van der Waals surface area contributed by atoms with Gasteiger partial charge in [-0.2, -0.15) is 26.3 Å². The number of halogens is 6. The normalized spacial score (nSPS) is 14.5. The second-order valence-corrected chi connectivity index (χ2v) is 3.94. The Hall–Kier alpha value is -1.24. The van der Waals surface area contributed by atoms with Crippen LogP contribution in [0.3, 0.4) is 0 Å². The summed E-state index contributed by atoms with van der Waals surface area (Å²) in [6.07, 6.45) is -10.5. The van der Waals surface area contributed by atoms with Crippen LogP contribution in [-0.4, -0.2) is 6.61 Å². The molecule has 0 saturated carbocycles. The average molecular weight is 286 g/mol. The summed E-state index contributed by atoms with van der Waals surface area (Å²) in [5.41, 5.74) is -2.81. The number of hydrogen-bond acceptors (Lipinski definition) is 1. The van der Waals surface area contributed by atoms with Crippen LogP contribution in [0.5, 0.6) is 0 Å². The van der Waals surface area contributed by atoms with Crippen molar-refractivity contribution in [2.45, 2.75) is 32.3 Å². The van der Waals surface area contributed by atoms with Crippen molar-refractivity contribution in [2.24, 2.45) is 0 Å². The quantitative estimate of drug-likeness (QED) is 0.724. The third-order valence-corrected chi connectivity index (χ3v) is 2.50. The highest BCUT2D eigenvalue weighted by Crippen LogP contribution is 2.37. The molecule has 1 aromatic carbocycles. The lowest BCUT2D eigenvalue weighted by atomic mass is 10.0. The molecular weight excluding hydrogens is 274 g/mol. The molecule has 0 spiro atoms. The van der Waals surface area contributed by atoms with Crippen molar-refractivity contribution in [2.75, 3.05) is 6.61 Å². The second kappa shape index (κ2) is 5.40. The first-order chi connectivity index (χ1) is 8.55. The fraction of sp³-hybridized carbons (Fsp3) is 0.500. The van der Waals surface area contributed by atoms with E-state index >= 15 is 0 Å². The van der Waals surface area contributed by atoms with E-state index in [-0.39, 0.29) is 18.2 Å². The molecule has 0 aliphatic carbocycles. The van der Waals surface area contributed by atoms with E-state index < -0.39 is 29.6 Å². The third kappa shape index (κ3) is 4.12. The number of hydrogen-bond donors (Lipinski definition) is 0. The Morgan fingerprint density at radius 2 is 1.37 bits per heavy atom. The predicted octanol–water partition coefficient (Wildman–Crippen LogP) is 4.82. The van der Waals surface area contributed by atoms with Crippen LogP contribution in [0.15, 0.2) is 18.2 Å². The maximum absolute atomic E-state index is 12.6. The Morgan fingerprint density at radius 1 is 0.947 bits per heavy atom. The molecule has 0 heterocycles. The van der Waals surface area contributed by atoms with Crippen LogP contribution in [0, 0.1) is 0 Å². The van der Waals surface area contributed by atoms with Crippen molar-refractivity contribution in [1.82, 2.24) is 0 Å². The van der Waals surface area contributed by atoms with E-state index in [9.17, 15) is 26.3 Å². The van der Waals surface area contributed by atoms with Crippen LogP contribution in [-0.2, 0) is 17.1 Å². The van der Waals surface area contributed by atoms with E-state index in [4.69, 9.17) is 4.74 Å². The summed E-state index contributed by atoms with van der Waals surface area (Å²) in [6, 6.07) is 1.45. The van der Waals surface area contributed by atoms with Gasteiger partial charge in [-0.3, -0.25) is 0 Å². The maximum Gasteiger partial charge on any atom is 0.416 e. The van der Waals surface area contributed by atoms with Crippen molar-refractivity contribution >= 4 is 0 Å². The highest BCUT2D eigenvalue weighted by atomic mass is 19.4. The number of ether oxygens (including phenoxy) is 1. The van der Waals surface area contributed by atoms with Gasteiger partial charge in [-0.05, 0) is 37.6 Å². The SMILES string of the molecule is CCO[C@H](C)c1cc(C(F)(F)F)cc(C(F)(F)F)c1. The summed E-state index contributed by atoms with van der Waals surface area (Å²) in [4.78, 5) is 0. The fourth-order valence-electron chi connectivity index (χ4n) is 1.56. The number of alkyl halides is 6. The van der Waals surface area contributed by atoms with Gasteiger partial charge in [0.2, 0.25) is 0 Å². The van der Waals surface area contributed by atoms with Crippen LogP contribution in [0.4, 0.5) is 26.3 Å². The second-order valence-electron chi connectivity index (χ2n) is 3.94. The molecule has 1 aromatic rings. The van der Waals surface area contributed by atoms with Gasteiger partial charge in [-0.1, -0.05) is 0 Å². The Bertz CT molecular complexity index is 403. The lowest BCUT2D eigenvalue weighted by molar-refractivity contribution is -0.143. The Morgan fingerprint density at radius 3 is 1.68 bits per heavy atom.